The number of hydrogen-bond acceptors (Lipinski definition) is 3. The van der Waals surface area contributed by atoms with Crippen LogP contribution in [-0.2, 0) is 4.79 Å². The van der Waals surface area contributed by atoms with Gasteiger partial charge in [-0.3, -0.25) is 4.79 Å². The van der Waals surface area contributed by atoms with E-state index in [2.05, 4.69) is 5.32 Å². The van der Waals surface area contributed by atoms with Crippen LogP contribution >= 0.6 is 11.3 Å². The Labute approximate surface area is 69.0 Å². The maximum Gasteiger partial charge on any atom is 0.221 e. The van der Waals surface area contributed by atoms with Gasteiger partial charge in [0.05, 0.1) is 12.1 Å². The summed E-state index contributed by atoms with van der Waals surface area (Å²) in [5.41, 5.74) is 0. The van der Waals surface area contributed by atoms with Gasteiger partial charge >= 0.3 is 0 Å². The first-order valence-corrected chi connectivity index (χ1v) is 4.00. The molecule has 0 fully saturated rings. The van der Waals surface area contributed by atoms with Crippen molar-refractivity contribution < 1.29 is 9.53 Å². The molecule has 0 atom stereocenters. The van der Waals surface area contributed by atoms with Crippen molar-refractivity contribution in [1.29, 1.82) is 0 Å². The Balaban J connectivity index is 2.65. The summed E-state index contributed by atoms with van der Waals surface area (Å²) in [7, 11) is 1.60. The summed E-state index contributed by atoms with van der Waals surface area (Å²) >= 11 is 1.45. The molecule has 0 saturated heterocycles. The van der Waals surface area contributed by atoms with E-state index < -0.39 is 0 Å². The Morgan fingerprint density at radius 2 is 2.45 bits per heavy atom. The van der Waals surface area contributed by atoms with Crippen molar-refractivity contribution in [2.45, 2.75) is 6.92 Å². The van der Waals surface area contributed by atoms with Gasteiger partial charge in [-0.25, -0.2) is 0 Å². The van der Waals surface area contributed by atoms with Crippen LogP contribution in [0.5, 0.6) is 5.75 Å². The molecule has 1 aromatic rings. The molecule has 1 rings (SSSR count). The number of thiophene rings is 1. The Hall–Kier alpha value is -1.03. The predicted molar refractivity (Wildman–Crippen MR) is 45.2 cm³/mol. The highest BCUT2D eigenvalue weighted by Gasteiger charge is 1.99. The molecule has 0 unspecified atom stereocenters. The number of hydrogen-bond donors (Lipinski definition) is 1. The fraction of sp³-hybridized carbons (Fsp3) is 0.286. The molecule has 60 valence electrons. The second-order valence-electron chi connectivity index (χ2n) is 2.03. The highest BCUT2D eigenvalue weighted by Crippen LogP contribution is 2.25. The number of methoxy groups -OCH3 is 1. The van der Waals surface area contributed by atoms with Crippen molar-refractivity contribution in [3.8, 4) is 5.75 Å². The molecule has 4 heteroatoms. The monoisotopic (exact) mass is 171 g/mol. The topological polar surface area (TPSA) is 38.3 Å². The van der Waals surface area contributed by atoms with E-state index in [1.54, 1.807) is 13.2 Å². The summed E-state index contributed by atoms with van der Waals surface area (Å²) in [5, 5.41) is 5.31. The van der Waals surface area contributed by atoms with E-state index in [0.29, 0.717) is 0 Å². The van der Waals surface area contributed by atoms with E-state index in [0.717, 1.165) is 10.8 Å². The Morgan fingerprint density at radius 3 is 2.91 bits per heavy atom. The molecule has 0 aliphatic rings. The van der Waals surface area contributed by atoms with Gasteiger partial charge in [0.15, 0.2) is 0 Å². The van der Waals surface area contributed by atoms with E-state index in [9.17, 15) is 4.79 Å². The van der Waals surface area contributed by atoms with Crippen molar-refractivity contribution in [2.24, 2.45) is 0 Å². The molecule has 0 radical (unpaired) electrons. The average molecular weight is 171 g/mol. The van der Waals surface area contributed by atoms with E-state index in [1.807, 2.05) is 5.38 Å². The fourth-order valence-electron chi connectivity index (χ4n) is 0.665. The number of carbonyl (C=O) groups excluding carboxylic acids is 1. The molecule has 3 nitrogen and oxygen atoms in total. The zero-order chi connectivity index (χ0) is 8.27. The van der Waals surface area contributed by atoms with Gasteiger partial charge in [0.1, 0.15) is 5.75 Å². The number of ether oxygens (including phenoxy) is 1. The van der Waals surface area contributed by atoms with Gasteiger partial charge in [-0.15, -0.1) is 11.3 Å². The molecule has 0 aliphatic heterocycles. The SMILES string of the molecule is COc1csc(NC(C)=O)c1. The lowest BCUT2D eigenvalue weighted by Crippen LogP contribution is -2.03. The number of anilines is 1. The van der Waals surface area contributed by atoms with Gasteiger partial charge in [0, 0.05) is 18.4 Å². The van der Waals surface area contributed by atoms with Crippen molar-refractivity contribution in [1.82, 2.24) is 0 Å². The van der Waals surface area contributed by atoms with Crippen molar-refractivity contribution in [2.75, 3.05) is 12.4 Å². The summed E-state index contributed by atoms with van der Waals surface area (Å²) in [5.74, 6) is 0.716. The molecule has 11 heavy (non-hydrogen) atoms. The second kappa shape index (κ2) is 3.39. The Kier molecular flexibility index (Phi) is 2.48. The molecule has 1 amide bonds. The maximum atomic E-state index is 10.6. The molecule has 0 bridgehead atoms. The normalized spacial score (nSPS) is 9.27. The smallest absolute Gasteiger partial charge is 0.221 e. The highest BCUT2D eigenvalue weighted by atomic mass is 32.1. The van der Waals surface area contributed by atoms with Crippen LogP contribution in [0.1, 0.15) is 6.92 Å². The van der Waals surface area contributed by atoms with E-state index >= 15 is 0 Å². The molecule has 0 saturated carbocycles. The molecule has 0 aliphatic carbocycles. The Bertz CT molecular complexity index is 257. The fourth-order valence-corrected chi connectivity index (χ4v) is 1.46. The minimum Gasteiger partial charge on any atom is -0.496 e. The molecule has 1 aromatic heterocycles. The first-order valence-electron chi connectivity index (χ1n) is 3.12. The van der Waals surface area contributed by atoms with Crippen LogP contribution in [-0.4, -0.2) is 13.0 Å². The van der Waals surface area contributed by atoms with Crippen molar-refractivity contribution >= 4 is 22.2 Å². The Morgan fingerprint density at radius 1 is 1.73 bits per heavy atom. The molecule has 1 N–H and O–H groups in total. The first-order chi connectivity index (χ1) is 5.22. The summed E-state index contributed by atoms with van der Waals surface area (Å²) < 4.78 is 4.94. The van der Waals surface area contributed by atoms with E-state index in [4.69, 9.17) is 4.74 Å². The quantitative estimate of drug-likeness (QED) is 0.735. The van der Waals surface area contributed by atoms with Gasteiger partial charge in [-0.1, -0.05) is 0 Å². The zero-order valence-corrected chi connectivity index (χ0v) is 7.20. The zero-order valence-electron chi connectivity index (χ0n) is 6.38. The molecular weight excluding hydrogens is 162 g/mol. The van der Waals surface area contributed by atoms with Gasteiger partial charge in [0.2, 0.25) is 5.91 Å². The van der Waals surface area contributed by atoms with Gasteiger partial charge in [0.25, 0.3) is 0 Å². The van der Waals surface area contributed by atoms with Crippen LogP contribution in [0.2, 0.25) is 0 Å². The van der Waals surface area contributed by atoms with Gasteiger partial charge in [-0.2, -0.15) is 0 Å². The summed E-state index contributed by atoms with van der Waals surface area (Å²) in [4.78, 5) is 10.6. The van der Waals surface area contributed by atoms with Crippen LogP contribution in [0.15, 0.2) is 11.4 Å². The lowest BCUT2D eigenvalue weighted by atomic mass is 10.5. The van der Waals surface area contributed by atoms with E-state index in [-0.39, 0.29) is 5.91 Å². The summed E-state index contributed by atoms with van der Waals surface area (Å²) in [6, 6.07) is 1.78. The largest absolute Gasteiger partial charge is 0.496 e. The van der Waals surface area contributed by atoms with Gasteiger partial charge in [-0.05, 0) is 0 Å². The minimum absolute atomic E-state index is 0.0606. The number of nitrogens with one attached hydrogen (secondary N) is 1. The third kappa shape index (κ3) is 2.23. The molecule has 0 spiro atoms. The molecule has 0 aromatic carbocycles. The standard InChI is InChI=1S/C7H9NO2S/c1-5(9)8-7-3-6(10-2)4-11-7/h3-4H,1-2H3,(H,8,9). The van der Waals surface area contributed by atoms with Crippen LogP contribution in [0, 0.1) is 0 Å². The lowest BCUT2D eigenvalue weighted by molar-refractivity contribution is -0.114. The number of carbonyl (C=O) groups is 1. The summed E-state index contributed by atoms with van der Waals surface area (Å²) in [6.45, 7) is 1.48. The second-order valence-corrected chi connectivity index (χ2v) is 2.94. The van der Waals surface area contributed by atoms with Crippen LogP contribution in [0.25, 0.3) is 0 Å². The minimum atomic E-state index is -0.0606. The van der Waals surface area contributed by atoms with Crippen LogP contribution < -0.4 is 10.1 Å². The van der Waals surface area contributed by atoms with Crippen molar-refractivity contribution in [3.63, 3.8) is 0 Å². The predicted octanol–water partition coefficient (Wildman–Crippen LogP) is 1.72. The third-order valence-electron chi connectivity index (χ3n) is 1.11. The average Bonchev–Trinajstić information content (AvgIpc) is 2.34. The highest BCUT2D eigenvalue weighted by molar-refractivity contribution is 7.14. The van der Waals surface area contributed by atoms with Crippen LogP contribution in [0.3, 0.4) is 0 Å². The van der Waals surface area contributed by atoms with Gasteiger partial charge < -0.3 is 10.1 Å². The number of rotatable bonds is 2. The third-order valence-corrected chi connectivity index (χ3v) is 1.93. The van der Waals surface area contributed by atoms with Crippen LogP contribution in [0.4, 0.5) is 5.00 Å². The molecule has 1 heterocycles. The molecular formula is C7H9NO2S. The maximum absolute atomic E-state index is 10.6. The van der Waals surface area contributed by atoms with Crippen molar-refractivity contribution in [3.05, 3.63) is 11.4 Å². The van der Waals surface area contributed by atoms with E-state index in [1.165, 1.54) is 18.3 Å². The number of amides is 1. The summed E-state index contributed by atoms with van der Waals surface area (Å²) in [6.07, 6.45) is 0. The lowest BCUT2D eigenvalue weighted by Gasteiger charge is -1.93. The first kappa shape index (κ1) is 8.07.